The second-order valence-corrected chi connectivity index (χ2v) is 4.40. The fourth-order valence-electron chi connectivity index (χ4n) is 2.14. The zero-order valence-electron chi connectivity index (χ0n) is 10.7. The van der Waals surface area contributed by atoms with Gasteiger partial charge in [0.25, 0.3) is 0 Å². The Hall–Kier alpha value is -2.62. The number of carbonyl (C=O) groups is 2. The molecule has 2 rings (SSSR count). The van der Waals surface area contributed by atoms with Gasteiger partial charge in [-0.3, -0.25) is 0 Å². The van der Waals surface area contributed by atoms with Crippen LogP contribution in [0.5, 0.6) is 0 Å². The van der Waals surface area contributed by atoms with Gasteiger partial charge in [0.15, 0.2) is 0 Å². The number of carbonyl (C=O) groups excluding carboxylic acids is 2. The summed E-state index contributed by atoms with van der Waals surface area (Å²) in [5.74, 6) is -3.00. The van der Waals surface area contributed by atoms with Gasteiger partial charge in [0, 0.05) is 11.1 Å². The molecule has 0 heterocycles. The lowest BCUT2D eigenvalue weighted by atomic mass is 9.96. The summed E-state index contributed by atoms with van der Waals surface area (Å²) in [7, 11) is 0. The van der Waals surface area contributed by atoms with Crippen LogP contribution in [-0.4, -0.2) is 11.9 Å². The zero-order chi connectivity index (χ0) is 14.5. The Morgan fingerprint density at radius 3 is 2.10 bits per heavy atom. The molecule has 0 N–H and O–H groups in total. The fourth-order valence-corrected chi connectivity index (χ4v) is 2.14. The van der Waals surface area contributed by atoms with E-state index in [1.165, 1.54) is 12.1 Å². The summed E-state index contributed by atoms with van der Waals surface area (Å²) in [6.45, 7) is 0. The molecule has 0 unspecified atom stereocenters. The lowest BCUT2D eigenvalue weighted by Gasteiger charge is -2.16. The maximum absolute atomic E-state index is 11.2. The van der Waals surface area contributed by atoms with Gasteiger partial charge in [-0.1, -0.05) is 48.5 Å². The molecule has 0 fully saturated rings. The molecule has 0 radical (unpaired) electrons. The SMILES string of the molecule is O=C([O-])c1cccc(CCc2ccccc2)c1C(=O)[O-]. The van der Waals surface area contributed by atoms with E-state index in [-0.39, 0.29) is 11.1 Å². The van der Waals surface area contributed by atoms with Crippen molar-refractivity contribution in [1.82, 2.24) is 0 Å². The maximum Gasteiger partial charge on any atom is 0.0724 e. The molecular formula is C16H12O4-2. The molecule has 4 nitrogen and oxygen atoms in total. The molecular weight excluding hydrogens is 256 g/mol. The summed E-state index contributed by atoms with van der Waals surface area (Å²) in [6.07, 6.45) is 1.05. The minimum atomic E-state index is -1.51. The topological polar surface area (TPSA) is 80.3 Å². The van der Waals surface area contributed by atoms with Crippen LogP contribution in [0.25, 0.3) is 0 Å². The van der Waals surface area contributed by atoms with Gasteiger partial charge in [-0.25, -0.2) is 0 Å². The number of hydrogen-bond donors (Lipinski definition) is 0. The number of hydrogen-bond acceptors (Lipinski definition) is 4. The second kappa shape index (κ2) is 6.02. The molecule has 0 aliphatic rings. The van der Waals surface area contributed by atoms with E-state index in [2.05, 4.69) is 0 Å². The summed E-state index contributed by atoms with van der Waals surface area (Å²) in [6, 6.07) is 13.9. The highest BCUT2D eigenvalue weighted by molar-refractivity contribution is 6.01. The van der Waals surface area contributed by atoms with E-state index in [1.807, 2.05) is 30.3 Å². The van der Waals surface area contributed by atoms with Crippen molar-refractivity contribution in [2.45, 2.75) is 12.8 Å². The van der Waals surface area contributed by atoms with Gasteiger partial charge >= 0.3 is 0 Å². The first-order valence-corrected chi connectivity index (χ1v) is 6.18. The predicted molar refractivity (Wildman–Crippen MR) is 69.0 cm³/mol. The molecule has 4 heteroatoms. The average Bonchev–Trinajstić information content (AvgIpc) is 2.45. The van der Waals surface area contributed by atoms with E-state index in [1.54, 1.807) is 6.07 Å². The summed E-state index contributed by atoms with van der Waals surface area (Å²) >= 11 is 0. The monoisotopic (exact) mass is 268 g/mol. The van der Waals surface area contributed by atoms with Gasteiger partial charge < -0.3 is 19.8 Å². The third kappa shape index (κ3) is 3.03. The standard InChI is InChI=1S/C16H14O4/c17-15(18)13-8-4-7-12(14(13)16(19)20)10-9-11-5-2-1-3-6-11/h1-8H,9-10H2,(H,17,18)(H,19,20)/p-2. The Morgan fingerprint density at radius 2 is 1.50 bits per heavy atom. The fraction of sp³-hybridized carbons (Fsp3) is 0.125. The van der Waals surface area contributed by atoms with Crippen molar-refractivity contribution in [2.75, 3.05) is 0 Å². The van der Waals surface area contributed by atoms with Crippen molar-refractivity contribution < 1.29 is 19.8 Å². The normalized spacial score (nSPS) is 10.2. The van der Waals surface area contributed by atoms with Crippen LogP contribution in [0.15, 0.2) is 48.5 Å². The Balaban J connectivity index is 2.30. The van der Waals surface area contributed by atoms with Crippen LogP contribution in [0.1, 0.15) is 31.8 Å². The van der Waals surface area contributed by atoms with Gasteiger partial charge in [-0.15, -0.1) is 0 Å². The number of carboxylic acid groups (broad SMARTS) is 2. The molecule has 0 amide bonds. The van der Waals surface area contributed by atoms with E-state index in [0.29, 0.717) is 18.4 Å². The summed E-state index contributed by atoms with van der Waals surface area (Å²) in [4.78, 5) is 22.1. The van der Waals surface area contributed by atoms with Crippen molar-refractivity contribution >= 4 is 11.9 Å². The van der Waals surface area contributed by atoms with Gasteiger partial charge in [0.1, 0.15) is 0 Å². The average molecular weight is 268 g/mol. The third-order valence-electron chi connectivity index (χ3n) is 3.10. The molecule has 0 spiro atoms. The number of carboxylic acids is 2. The first kappa shape index (κ1) is 13.8. The number of benzene rings is 2. The van der Waals surface area contributed by atoms with E-state index >= 15 is 0 Å². The molecule has 20 heavy (non-hydrogen) atoms. The Labute approximate surface area is 116 Å². The van der Waals surface area contributed by atoms with Gasteiger partial charge in [-0.2, -0.15) is 0 Å². The first-order valence-electron chi connectivity index (χ1n) is 6.18. The van der Waals surface area contributed by atoms with E-state index < -0.39 is 11.9 Å². The van der Waals surface area contributed by atoms with Crippen molar-refractivity contribution in [3.63, 3.8) is 0 Å². The van der Waals surface area contributed by atoms with Crippen LogP contribution in [-0.2, 0) is 12.8 Å². The second-order valence-electron chi connectivity index (χ2n) is 4.40. The lowest BCUT2D eigenvalue weighted by molar-refractivity contribution is -0.259. The van der Waals surface area contributed by atoms with E-state index in [0.717, 1.165) is 5.56 Å². The molecule has 0 aliphatic carbocycles. The van der Waals surface area contributed by atoms with Crippen molar-refractivity contribution in [2.24, 2.45) is 0 Å². The highest BCUT2D eigenvalue weighted by atomic mass is 16.4. The molecule has 0 saturated carbocycles. The van der Waals surface area contributed by atoms with Crippen molar-refractivity contribution in [3.05, 3.63) is 70.8 Å². The quantitative estimate of drug-likeness (QED) is 0.775. The Kier molecular flexibility index (Phi) is 4.15. The molecule has 0 atom stereocenters. The Morgan fingerprint density at radius 1 is 0.800 bits per heavy atom. The minimum absolute atomic E-state index is 0.288. The third-order valence-corrected chi connectivity index (χ3v) is 3.10. The summed E-state index contributed by atoms with van der Waals surface area (Å²) < 4.78 is 0. The number of rotatable bonds is 5. The zero-order valence-corrected chi connectivity index (χ0v) is 10.7. The van der Waals surface area contributed by atoms with Crippen molar-refractivity contribution in [1.29, 1.82) is 0 Å². The molecule has 0 aliphatic heterocycles. The van der Waals surface area contributed by atoms with Crippen LogP contribution in [0.2, 0.25) is 0 Å². The largest absolute Gasteiger partial charge is 0.545 e. The molecule has 2 aromatic rings. The molecule has 0 bridgehead atoms. The maximum atomic E-state index is 11.2. The van der Waals surface area contributed by atoms with Crippen LogP contribution in [0.4, 0.5) is 0 Å². The highest BCUT2D eigenvalue weighted by Gasteiger charge is 2.10. The van der Waals surface area contributed by atoms with Crippen LogP contribution < -0.4 is 10.2 Å². The van der Waals surface area contributed by atoms with E-state index in [9.17, 15) is 19.8 Å². The lowest BCUT2D eigenvalue weighted by Crippen LogP contribution is -2.31. The summed E-state index contributed by atoms with van der Waals surface area (Å²) in [5, 5.41) is 22.1. The molecule has 0 aromatic heterocycles. The van der Waals surface area contributed by atoms with Crippen LogP contribution >= 0.6 is 0 Å². The van der Waals surface area contributed by atoms with Gasteiger partial charge in [-0.05, 0) is 24.0 Å². The Bertz CT molecular complexity index is 632. The highest BCUT2D eigenvalue weighted by Crippen LogP contribution is 2.16. The number of aromatic carboxylic acids is 2. The minimum Gasteiger partial charge on any atom is -0.545 e. The van der Waals surface area contributed by atoms with Gasteiger partial charge in [0.2, 0.25) is 0 Å². The number of aryl methyl sites for hydroxylation is 2. The smallest absolute Gasteiger partial charge is 0.0724 e. The van der Waals surface area contributed by atoms with Crippen molar-refractivity contribution in [3.8, 4) is 0 Å². The van der Waals surface area contributed by atoms with Crippen LogP contribution in [0.3, 0.4) is 0 Å². The predicted octanol–water partition coefficient (Wildman–Crippen LogP) is 0.199. The first-order chi connectivity index (χ1) is 9.59. The molecule has 0 saturated heterocycles. The molecule has 102 valence electrons. The summed E-state index contributed by atoms with van der Waals surface area (Å²) in [5.41, 5.74) is 0.866. The van der Waals surface area contributed by atoms with Crippen LogP contribution in [0, 0.1) is 0 Å². The molecule has 2 aromatic carbocycles. The van der Waals surface area contributed by atoms with Gasteiger partial charge in [0.05, 0.1) is 11.9 Å². The van der Waals surface area contributed by atoms with E-state index in [4.69, 9.17) is 0 Å².